The molecule has 1 atom stereocenters. The van der Waals surface area contributed by atoms with Gasteiger partial charge in [-0.3, -0.25) is 4.79 Å². The second kappa shape index (κ2) is 7.88. The average molecular weight is 249 g/mol. The fourth-order valence-corrected chi connectivity index (χ4v) is 1.94. The molecule has 0 aliphatic carbocycles. The topological polar surface area (TPSA) is 49.3 Å². The maximum absolute atomic E-state index is 11.7. The number of rotatable bonds is 7. The summed E-state index contributed by atoms with van der Waals surface area (Å²) in [6.45, 7) is 4.84. The van der Waals surface area contributed by atoms with Crippen molar-refractivity contribution in [3.8, 4) is 0 Å². The van der Waals surface area contributed by atoms with Gasteiger partial charge in [-0.05, 0) is 31.2 Å². The highest BCUT2D eigenvalue weighted by molar-refractivity contribution is 5.76. The molecule has 3 heteroatoms. The normalized spacial score (nSPS) is 12.2. The van der Waals surface area contributed by atoms with Gasteiger partial charge in [-0.1, -0.05) is 36.8 Å². The molecule has 1 aromatic carbocycles. The molecule has 2 N–H and O–H groups in total. The lowest BCUT2D eigenvalue weighted by atomic mass is 9.92. The first-order valence-electron chi connectivity index (χ1n) is 6.61. The summed E-state index contributed by atoms with van der Waals surface area (Å²) in [5.41, 5.74) is 2.46. The van der Waals surface area contributed by atoms with Gasteiger partial charge in [-0.2, -0.15) is 0 Å². The summed E-state index contributed by atoms with van der Waals surface area (Å²) >= 11 is 0. The van der Waals surface area contributed by atoms with Crippen molar-refractivity contribution in [1.82, 2.24) is 5.32 Å². The van der Waals surface area contributed by atoms with Crippen LogP contribution in [0.3, 0.4) is 0 Å². The Labute approximate surface area is 109 Å². The fraction of sp³-hybridized carbons (Fsp3) is 0.533. The zero-order chi connectivity index (χ0) is 13.4. The lowest BCUT2D eigenvalue weighted by Gasteiger charge is -2.15. The Bertz CT molecular complexity index is 359. The molecule has 3 nitrogen and oxygen atoms in total. The maximum atomic E-state index is 11.7. The number of amides is 1. The van der Waals surface area contributed by atoms with Gasteiger partial charge in [0.05, 0.1) is 0 Å². The Morgan fingerprint density at radius 2 is 2.00 bits per heavy atom. The van der Waals surface area contributed by atoms with Crippen molar-refractivity contribution < 1.29 is 9.90 Å². The van der Waals surface area contributed by atoms with E-state index in [1.165, 1.54) is 11.1 Å². The highest BCUT2D eigenvalue weighted by Gasteiger charge is 2.13. The zero-order valence-electron chi connectivity index (χ0n) is 11.3. The molecule has 0 fully saturated rings. The molecule has 1 amide bonds. The van der Waals surface area contributed by atoms with Gasteiger partial charge in [0, 0.05) is 19.6 Å². The van der Waals surface area contributed by atoms with Crippen LogP contribution in [0.4, 0.5) is 0 Å². The number of carbonyl (C=O) groups excluding carboxylic acids is 1. The first-order chi connectivity index (χ1) is 8.67. The SMILES string of the molecule is CCC(CC(=O)NCCCO)c1ccc(C)cc1. The standard InChI is InChI=1S/C15H23NO2/c1-3-13(11-15(18)16-9-4-10-17)14-7-5-12(2)6-8-14/h5-8,13,17H,3-4,9-11H2,1-2H3,(H,16,18). The summed E-state index contributed by atoms with van der Waals surface area (Å²) in [5, 5.41) is 11.5. The van der Waals surface area contributed by atoms with E-state index >= 15 is 0 Å². The summed E-state index contributed by atoms with van der Waals surface area (Å²) in [5.74, 6) is 0.343. The Morgan fingerprint density at radius 3 is 2.56 bits per heavy atom. The van der Waals surface area contributed by atoms with Crippen LogP contribution in [-0.2, 0) is 4.79 Å². The first-order valence-corrected chi connectivity index (χ1v) is 6.61. The molecule has 0 saturated heterocycles. The van der Waals surface area contributed by atoms with Crippen LogP contribution in [0.5, 0.6) is 0 Å². The third-order valence-electron chi connectivity index (χ3n) is 3.13. The fourth-order valence-electron chi connectivity index (χ4n) is 1.94. The van der Waals surface area contributed by atoms with Crippen molar-refractivity contribution in [3.63, 3.8) is 0 Å². The van der Waals surface area contributed by atoms with Gasteiger partial charge < -0.3 is 10.4 Å². The van der Waals surface area contributed by atoms with Gasteiger partial charge in [-0.15, -0.1) is 0 Å². The molecule has 1 aromatic rings. The third kappa shape index (κ3) is 4.88. The number of hydrogen-bond acceptors (Lipinski definition) is 2. The molecule has 0 saturated carbocycles. The van der Waals surface area contributed by atoms with Gasteiger partial charge in [0.1, 0.15) is 0 Å². The van der Waals surface area contributed by atoms with E-state index in [0.717, 1.165) is 6.42 Å². The number of aliphatic hydroxyl groups excluding tert-OH is 1. The molecule has 0 aliphatic heterocycles. The highest BCUT2D eigenvalue weighted by atomic mass is 16.3. The van der Waals surface area contributed by atoms with Crippen LogP contribution in [0.1, 0.15) is 43.2 Å². The number of hydrogen-bond donors (Lipinski definition) is 2. The maximum Gasteiger partial charge on any atom is 0.220 e. The molecule has 1 rings (SSSR count). The van der Waals surface area contributed by atoms with Crippen LogP contribution in [0.2, 0.25) is 0 Å². The summed E-state index contributed by atoms with van der Waals surface area (Å²) < 4.78 is 0. The lowest BCUT2D eigenvalue weighted by Crippen LogP contribution is -2.26. The van der Waals surface area contributed by atoms with Gasteiger partial charge in [0.25, 0.3) is 0 Å². The molecular weight excluding hydrogens is 226 g/mol. The Balaban J connectivity index is 2.51. The molecule has 100 valence electrons. The molecule has 0 heterocycles. The predicted molar refractivity (Wildman–Crippen MR) is 73.5 cm³/mol. The van der Waals surface area contributed by atoms with E-state index in [4.69, 9.17) is 5.11 Å². The van der Waals surface area contributed by atoms with E-state index in [2.05, 4.69) is 43.4 Å². The van der Waals surface area contributed by atoms with Crippen LogP contribution < -0.4 is 5.32 Å². The van der Waals surface area contributed by atoms with E-state index < -0.39 is 0 Å². The van der Waals surface area contributed by atoms with Gasteiger partial charge in [-0.25, -0.2) is 0 Å². The first kappa shape index (κ1) is 14.7. The number of benzene rings is 1. The second-order valence-corrected chi connectivity index (χ2v) is 4.65. The minimum absolute atomic E-state index is 0.0656. The predicted octanol–water partition coefficient (Wildman–Crippen LogP) is 2.38. The molecule has 0 aromatic heterocycles. The van der Waals surface area contributed by atoms with Gasteiger partial charge in [0.15, 0.2) is 0 Å². The second-order valence-electron chi connectivity index (χ2n) is 4.65. The largest absolute Gasteiger partial charge is 0.396 e. The molecular formula is C15H23NO2. The quantitative estimate of drug-likeness (QED) is 0.729. The van der Waals surface area contributed by atoms with Gasteiger partial charge in [0.2, 0.25) is 5.91 Å². The Kier molecular flexibility index (Phi) is 6.44. The van der Waals surface area contributed by atoms with Crippen molar-refractivity contribution in [3.05, 3.63) is 35.4 Å². The molecule has 0 bridgehead atoms. The zero-order valence-corrected chi connectivity index (χ0v) is 11.3. The minimum Gasteiger partial charge on any atom is -0.396 e. The number of carbonyl (C=O) groups is 1. The summed E-state index contributed by atoms with van der Waals surface area (Å²) in [7, 11) is 0. The van der Waals surface area contributed by atoms with E-state index in [1.807, 2.05) is 0 Å². The van der Waals surface area contributed by atoms with Crippen molar-refractivity contribution in [2.24, 2.45) is 0 Å². The molecule has 1 unspecified atom stereocenters. The van der Waals surface area contributed by atoms with Crippen LogP contribution in [0.25, 0.3) is 0 Å². The third-order valence-corrected chi connectivity index (χ3v) is 3.13. The van der Waals surface area contributed by atoms with Crippen LogP contribution in [0, 0.1) is 6.92 Å². The van der Waals surface area contributed by atoms with Crippen molar-refractivity contribution in [2.45, 2.75) is 39.0 Å². The van der Waals surface area contributed by atoms with E-state index in [1.54, 1.807) is 0 Å². The molecule has 0 aliphatic rings. The Morgan fingerprint density at radius 1 is 1.33 bits per heavy atom. The molecule has 0 radical (unpaired) electrons. The molecule has 18 heavy (non-hydrogen) atoms. The summed E-state index contributed by atoms with van der Waals surface area (Å²) in [6, 6.07) is 8.37. The van der Waals surface area contributed by atoms with E-state index in [9.17, 15) is 4.79 Å². The van der Waals surface area contributed by atoms with Crippen molar-refractivity contribution in [2.75, 3.05) is 13.2 Å². The average Bonchev–Trinajstić information content (AvgIpc) is 2.37. The van der Waals surface area contributed by atoms with Crippen LogP contribution in [0.15, 0.2) is 24.3 Å². The van der Waals surface area contributed by atoms with Gasteiger partial charge >= 0.3 is 0 Å². The molecule has 0 spiro atoms. The smallest absolute Gasteiger partial charge is 0.220 e. The summed E-state index contributed by atoms with van der Waals surface area (Å²) in [4.78, 5) is 11.7. The van der Waals surface area contributed by atoms with Crippen molar-refractivity contribution in [1.29, 1.82) is 0 Å². The number of aliphatic hydroxyl groups is 1. The number of nitrogens with one attached hydrogen (secondary N) is 1. The van der Waals surface area contributed by atoms with Crippen molar-refractivity contribution >= 4 is 5.91 Å². The monoisotopic (exact) mass is 249 g/mol. The van der Waals surface area contributed by atoms with Crippen LogP contribution >= 0.6 is 0 Å². The highest BCUT2D eigenvalue weighted by Crippen LogP contribution is 2.23. The summed E-state index contributed by atoms with van der Waals surface area (Å²) in [6.07, 6.45) is 2.09. The van der Waals surface area contributed by atoms with E-state index in [-0.39, 0.29) is 18.4 Å². The van der Waals surface area contributed by atoms with E-state index in [0.29, 0.717) is 19.4 Å². The lowest BCUT2D eigenvalue weighted by molar-refractivity contribution is -0.121. The number of aryl methyl sites for hydroxylation is 1. The van der Waals surface area contributed by atoms with Crippen LogP contribution in [-0.4, -0.2) is 24.2 Å². The minimum atomic E-state index is 0.0656. The Hall–Kier alpha value is -1.35.